The van der Waals surface area contributed by atoms with Gasteiger partial charge in [-0.1, -0.05) is 0 Å². The van der Waals surface area contributed by atoms with Crippen molar-refractivity contribution in [2.24, 2.45) is 0 Å². The first-order chi connectivity index (χ1) is 8.61. The van der Waals surface area contributed by atoms with Crippen molar-refractivity contribution in [3.05, 3.63) is 45.9 Å². The molecule has 0 aromatic carbocycles. The molecule has 0 saturated carbocycles. The predicted molar refractivity (Wildman–Crippen MR) is 73.0 cm³/mol. The van der Waals surface area contributed by atoms with Gasteiger partial charge in [-0.2, -0.15) is 0 Å². The van der Waals surface area contributed by atoms with Crippen LogP contribution in [0.5, 0.6) is 0 Å². The Labute approximate surface area is 118 Å². The number of furan rings is 1. The smallest absolute Gasteiger partial charge is 0.295 e. The van der Waals surface area contributed by atoms with Crippen molar-refractivity contribution in [2.75, 3.05) is 11.4 Å². The summed E-state index contributed by atoms with van der Waals surface area (Å²) in [6.07, 6.45) is 1.64. The van der Waals surface area contributed by atoms with E-state index in [9.17, 15) is 4.79 Å². The Morgan fingerprint density at radius 2 is 2.22 bits per heavy atom. The Bertz CT molecular complexity index is 553. The van der Waals surface area contributed by atoms with Crippen LogP contribution >= 0.6 is 27.5 Å². The Hall–Kier alpha value is -1.33. The summed E-state index contributed by atoms with van der Waals surface area (Å²) in [5.41, 5.74) is 0. The summed E-state index contributed by atoms with van der Waals surface area (Å²) in [7, 11) is 0. The number of halogens is 2. The average Bonchev–Trinajstić information content (AvgIpc) is 2.79. The number of hydrogen-bond donors (Lipinski definition) is 0. The van der Waals surface area contributed by atoms with Crippen molar-refractivity contribution in [3.8, 4) is 0 Å². The van der Waals surface area contributed by atoms with Gasteiger partial charge in [-0.25, -0.2) is 4.98 Å². The minimum Gasteiger partial charge on any atom is -0.440 e. The molecule has 94 valence electrons. The Kier molecular flexibility index (Phi) is 4.04. The highest BCUT2D eigenvalue weighted by Crippen LogP contribution is 2.19. The van der Waals surface area contributed by atoms with E-state index in [0.717, 1.165) is 4.47 Å². The van der Waals surface area contributed by atoms with E-state index in [1.807, 2.05) is 13.0 Å². The van der Waals surface area contributed by atoms with E-state index in [2.05, 4.69) is 20.9 Å². The van der Waals surface area contributed by atoms with Crippen molar-refractivity contribution in [1.82, 2.24) is 4.98 Å². The van der Waals surface area contributed by atoms with Crippen molar-refractivity contribution >= 4 is 39.3 Å². The van der Waals surface area contributed by atoms with E-state index < -0.39 is 0 Å². The molecule has 4 nitrogen and oxygen atoms in total. The maximum absolute atomic E-state index is 12.2. The van der Waals surface area contributed by atoms with Crippen LogP contribution in [0.3, 0.4) is 0 Å². The molecule has 2 rings (SSSR count). The van der Waals surface area contributed by atoms with E-state index in [4.69, 9.17) is 16.0 Å². The number of rotatable bonds is 3. The first kappa shape index (κ1) is 13.1. The van der Waals surface area contributed by atoms with Crippen molar-refractivity contribution in [1.29, 1.82) is 0 Å². The fourth-order valence-electron chi connectivity index (χ4n) is 1.50. The minimum atomic E-state index is -0.265. The van der Waals surface area contributed by atoms with Gasteiger partial charge in [0.25, 0.3) is 5.91 Å². The van der Waals surface area contributed by atoms with E-state index >= 15 is 0 Å². The molecule has 0 fully saturated rings. The topological polar surface area (TPSA) is 46.3 Å². The van der Waals surface area contributed by atoms with Gasteiger partial charge in [0, 0.05) is 17.2 Å². The molecule has 6 heteroatoms. The molecule has 0 atom stereocenters. The summed E-state index contributed by atoms with van der Waals surface area (Å²) in [4.78, 5) is 17.9. The summed E-state index contributed by atoms with van der Waals surface area (Å²) in [6, 6.07) is 6.67. The molecule has 0 aliphatic heterocycles. The molecule has 0 N–H and O–H groups in total. The number of amides is 1. The highest BCUT2D eigenvalue weighted by molar-refractivity contribution is 9.10. The van der Waals surface area contributed by atoms with Crippen LogP contribution in [0.25, 0.3) is 0 Å². The molecule has 2 aromatic rings. The molecule has 0 radical (unpaired) electrons. The first-order valence-corrected chi connectivity index (χ1v) is 6.47. The summed E-state index contributed by atoms with van der Waals surface area (Å²) in [5.74, 6) is 0.504. The van der Waals surface area contributed by atoms with Crippen LogP contribution in [-0.4, -0.2) is 17.4 Å². The Morgan fingerprint density at radius 1 is 1.44 bits per heavy atom. The lowest BCUT2D eigenvalue weighted by Crippen LogP contribution is -2.31. The van der Waals surface area contributed by atoms with Crippen molar-refractivity contribution < 1.29 is 9.21 Å². The van der Waals surface area contributed by atoms with E-state index in [1.54, 1.807) is 18.3 Å². The molecular weight excluding hydrogens is 320 g/mol. The van der Waals surface area contributed by atoms with E-state index in [1.165, 1.54) is 11.0 Å². The first-order valence-electron chi connectivity index (χ1n) is 5.30. The zero-order valence-corrected chi connectivity index (χ0v) is 11.9. The fourth-order valence-corrected chi connectivity index (χ4v) is 1.88. The highest BCUT2D eigenvalue weighted by Gasteiger charge is 2.20. The van der Waals surface area contributed by atoms with Gasteiger partial charge in [0.2, 0.25) is 0 Å². The third-order valence-corrected chi connectivity index (χ3v) is 3.01. The second-order valence-corrected chi connectivity index (χ2v) is 4.78. The van der Waals surface area contributed by atoms with Crippen LogP contribution in [0.2, 0.25) is 5.22 Å². The number of carbonyl (C=O) groups excluding carboxylic acids is 1. The van der Waals surface area contributed by atoms with Gasteiger partial charge in [0.05, 0.1) is 0 Å². The lowest BCUT2D eigenvalue weighted by Gasteiger charge is -2.18. The van der Waals surface area contributed by atoms with Gasteiger partial charge in [0.1, 0.15) is 5.82 Å². The fraction of sp³-hybridized carbons (Fsp3) is 0.167. The zero-order chi connectivity index (χ0) is 13.1. The van der Waals surface area contributed by atoms with Gasteiger partial charge in [-0.15, -0.1) is 0 Å². The lowest BCUT2D eigenvalue weighted by atomic mass is 10.3. The third kappa shape index (κ3) is 2.73. The number of hydrogen-bond acceptors (Lipinski definition) is 3. The average molecular weight is 330 g/mol. The van der Waals surface area contributed by atoms with Crippen LogP contribution in [0.1, 0.15) is 17.5 Å². The molecule has 2 heterocycles. The van der Waals surface area contributed by atoms with Crippen molar-refractivity contribution in [3.63, 3.8) is 0 Å². The molecule has 0 unspecified atom stereocenters. The molecule has 2 aromatic heterocycles. The van der Waals surface area contributed by atoms with Gasteiger partial charge in [-0.05, 0) is 58.7 Å². The monoisotopic (exact) mass is 328 g/mol. The largest absolute Gasteiger partial charge is 0.440 e. The Morgan fingerprint density at radius 3 is 2.72 bits per heavy atom. The predicted octanol–water partition coefficient (Wildman–Crippen LogP) is 3.76. The molecule has 0 spiro atoms. The van der Waals surface area contributed by atoms with Gasteiger partial charge in [0.15, 0.2) is 11.0 Å². The SMILES string of the molecule is CCN(C(=O)c1ccc(Cl)o1)c1ccc(Br)cn1. The summed E-state index contributed by atoms with van der Waals surface area (Å²) < 4.78 is 5.97. The molecule has 1 amide bonds. The number of pyridine rings is 1. The van der Waals surface area contributed by atoms with E-state index in [-0.39, 0.29) is 16.9 Å². The third-order valence-electron chi connectivity index (χ3n) is 2.33. The summed E-state index contributed by atoms with van der Waals surface area (Å²) >= 11 is 8.96. The summed E-state index contributed by atoms with van der Waals surface area (Å²) in [5, 5.41) is 0.193. The van der Waals surface area contributed by atoms with Gasteiger partial charge in [-0.3, -0.25) is 9.69 Å². The molecule has 0 bridgehead atoms. The van der Waals surface area contributed by atoms with Crippen molar-refractivity contribution in [2.45, 2.75) is 6.92 Å². The van der Waals surface area contributed by atoms with Gasteiger partial charge < -0.3 is 4.42 Å². The minimum absolute atomic E-state index is 0.193. The lowest BCUT2D eigenvalue weighted by molar-refractivity contribution is 0.0961. The highest BCUT2D eigenvalue weighted by atomic mass is 79.9. The number of anilines is 1. The van der Waals surface area contributed by atoms with Gasteiger partial charge >= 0.3 is 0 Å². The normalized spacial score (nSPS) is 10.4. The zero-order valence-electron chi connectivity index (χ0n) is 9.56. The molecule has 0 aliphatic carbocycles. The second-order valence-electron chi connectivity index (χ2n) is 3.49. The molecule has 0 aliphatic rings. The number of aromatic nitrogens is 1. The van der Waals surface area contributed by atoms with Crippen LogP contribution in [0, 0.1) is 0 Å². The van der Waals surface area contributed by atoms with Crippen LogP contribution in [-0.2, 0) is 0 Å². The number of carbonyl (C=O) groups is 1. The maximum Gasteiger partial charge on any atom is 0.295 e. The van der Waals surface area contributed by atoms with Crippen LogP contribution in [0.4, 0.5) is 5.82 Å². The molecule has 0 saturated heterocycles. The standard InChI is InChI=1S/C12H10BrClN2O2/c1-2-16(11-6-3-8(13)7-15-11)12(17)9-4-5-10(14)18-9/h3-7H,2H2,1H3. The summed E-state index contributed by atoms with van der Waals surface area (Å²) in [6.45, 7) is 2.36. The van der Waals surface area contributed by atoms with Crippen LogP contribution < -0.4 is 4.90 Å². The quantitative estimate of drug-likeness (QED) is 0.861. The second kappa shape index (κ2) is 5.54. The number of nitrogens with zero attached hydrogens (tertiary/aromatic N) is 2. The molecular formula is C12H10BrClN2O2. The Balaban J connectivity index is 2.28. The maximum atomic E-state index is 12.2. The van der Waals surface area contributed by atoms with Crippen LogP contribution in [0.15, 0.2) is 39.4 Å². The molecule has 18 heavy (non-hydrogen) atoms. The van der Waals surface area contributed by atoms with E-state index in [0.29, 0.717) is 12.4 Å².